The minimum absolute atomic E-state index is 0.0189. The maximum Gasteiger partial charge on any atom is 0.258 e. The molecule has 1 aliphatic carbocycles. The van der Waals surface area contributed by atoms with Crippen LogP contribution >= 0.6 is 11.3 Å². The van der Waals surface area contributed by atoms with Crippen molar-refractivity contribution >= 4 is 17.0 Å². The van der Waals surface area contributed by atoms with Crippen molar-refractivity contribution in [2.24, 2.45) is 5.92 Å². The summed E-state index contributed by atoms with van der Waals surface area (Å²) in [5.74, 6) is 0.720. The van der Waals surface area contributed by atoms with E-state index in [-0.39, 0.29) is 5.56 Å². The van der Waals surface area contributed by atoms with Gasteiger partial charge in [0.25, 0.3) is 5.56 Å². The number of aromatic nitrogens is 2. The summed E-state index contributed by atoms with van der Waals surface area (Å²) in [6, 6.07) is 10.2. The van der Waals surface area contributed by atoms with Crippen LogP contribution in [0, 0.1) is 12.8 Å². The maximum absolute atomic E-state index is 12.3. The average Bonchev–Trinajstić information content (AvgIpc) is 3.23. The Balaban J connectivity index is 1.58. The van der Waals surface area contributed by atoms with E-state index in [0.29, 0.717) is 18.2 Å². The molecule has 5 heteroatoms. The largest absolute Gasteiger partial charge is 0.303 e. The number of hydrogen-bond donors (Lipinski definition) is 1. The predicted molar refractivity (Wildman–Crippen MR) is 92.8 cm³/mol. The van der Waals surface area contributed by atoms with Gasteiger partial charge in [0, 0.05) is 29.7 Å². The van der Waals surface area contributed by atoms with Crippen molar-refractivity contribution in [3.63, 3.8) is 0 Å². The van der Waals surface area contributed by atoms with Crippen LogP contribution in [0.25, 0.3) is 5.65 Å². The molecule has 1 saturated carbocycles. The third-order valence-electron chi connectivity index (χ3n) is 4.31. The van der Waals surface area contributed by atoms with Crippen molar-refractivity contribution < 1.29 is 0 Å². The molecule has 0 amide bonds. The lowest BCUT2D eigenvalue weighted by Gasteiger charge is -2.16. The Bertz CT molecular complexity index is 881. The van der Waals surface area contributed by atoms with Gasteiger partial charge in [-0.3, -0.25) is 9.20 Å². The fourth-order valence-corrected chi connectivity index (χ4v) is 3.85. The van der Waals surface area contributed by atoms with Crippen LogP contribution in [-0.2, 0) is 6.54 Å². The van der Waals surface area contributed by atoms with Gasteiger partial charge in [0.15, 0.2) is 0 Å². The summed E-state index contributed by atoms with van der Waals surface area (Å²) in [5.41, 5.74) is 2.55. The Morgan fingerprint density at radius 1 is 1.39 bits per heavy atom. The van der Waals surface area contributed by atoms with Crippen LogP contribution in [0.1, 0.15) is 35.0 Å². The van der Waals surface area contributed by atoms with Crippen molar-refractivity contribution in [3.05, 3.63) is 68.4 Å². The second kappa shape index (κ2) is 5.91. The molecule has 0 aromatic carbocycles. The van der Waals surface area contributed by atoms with E-state index >= 15 is 0 Å². The highest BCUT2D eigenvalue weighted by Gasteiger charge is 2.32. The number of thiophene rings is 1. The molecule has 4 nitrogen and oxygen atoms in total. The van der Waals surface area contributed by atoms with Crippen molar-refractivity contribution in [2.75, 3.05) is 0 Å². The van der Waals surface area contributed by atoms with E-state index in [2.05, 4.69) is 27.8 Å². The first-order valence-corrected chi connectivity index (χ1v) is 8.84. The van der Waals surface area contributed by atoms with Crippen molar-refractivity contribution in [1.29, 1.82) is 0 Å². The Morgan fingerprint density at radius 2 is 2.26 bits per heavy atom. The van der Waals surface area contributed by atoms with Gasteiger partial charge in [0.2, 0.25) is 0 Å². The van der Waals surface area contributed by atoms with Crippen molar-refractivity contribution in [3.8, 4) is 0 Å². The molecule has 1 fully saturated rings. The molecule has 4 rings (SSSR count). The second-order valence-electron chi connectivity index (χ2n) is 6.23. The molecule has 3 heterocycles. The lowest BCUT2D eigenvalue weighted by Crippen LogP contribution is -2.24. The predicted octanol–water partition coefficient (Wildman–Crippen LogP) is 3.31. The van der Waals surface area contributed by atoms with Gasteiger partial charge in [-0.05, 0) is 48.8 Å². The number of rotatable bonds is 5. The van der Waals surface area contributed by atoms with E-state index in [4.69, 9.17) is 0 Å². The van der Waals surface area contributed by atoms with Gasteiger partial charge in [0.1, 0.15) is 5.65 Å². The number of aryl methyl sites for hydroxylation is 1. The van der Waals surface area contributed by atoms with E-state index in [0.717, 1.165) is 17.2 Å². The molecule has 1 aliphatic rings. The first-order chi connectivity index (χ1) is 11.2. The molecule has 1 atom stereocenters. The number of hydrogen-bond acceptors (Lipinski definition) is 4. The van der Waals surface area contributed by atoms with Gasteiger partial charge >= 0.3 is 0 Å². The van der Waals surface area contributed by atoms with E-state index in [1.54, 1.807) is 21.8 Å². The molecule has 0 radical (unpaired) electrons. The monoisotopic (exact) mass is 325 g/mol. The van der Waals surface area contributed by atoms with E-state index < -0.39 is 0 Å². The zero-order valence-corrected chi connectivity index (χ0v) is 13.8. The zero-order valence-electron chi connectivity index (χ0n) is 13.0. The average molecular weight is 325 g/mol. The maximum atomic E-state index is 12.3. The van der Waals surface area contributed by atoms with Crippen LogP contribution in [0.4, 0.5) is 0 Å². The summed E-state index contributed by atoms with van der Waals surface area (Å²) in [6.07, 6.45) is 4.39. The smallest absolute Gasteiger partial charge is 0.258 e. The standard InChI is InChI=1S/C18H19N3OS/c1-12-4-7-16-20-14(9-17(22)21(16)11-12)10-19-18(13-5-6-13)15-3-2-8-23-15/h2-4,7-9,11,13,18-19H,5-6,10H2,1H3/t18-/m0/s1. The molecule has 0 bridgehead atoms. The number of fused-ring (bicyclic) bond motifs is 1. The van der Waals surface area contributed by atoms with Crippen LogP contribution in [0.3, 0.4) is 0 Å². The fourth-order valence-electron chi connectivity index (χ4n) is 2.96. The van der Waals surface area contributed by atoms with E-state index in [9.17, 15) is 4.79 Å². The minimum atomic E-state index is -0.0189. The summed E-state index contributed by atoms with van der Waals surface area (Å²) >= 11 is 1.79. The van der Waals surface area contributed by atoms with Crippen molar-refractivity contribution in [2.45, 2.75) is 32.4 Å². The van der Waals surface area contributed by atoms with Gasteiger partial charge in [0.05, 0.1) is 5.69 Å². The van der Waals surface area contributed by atoms with Gasteiger partial charge in [-0.15, -0.1) is 11.3 Å². The molecule has 3 aromatic rings. The molecule has 0 spiro atoms. The number of nitrogens with one attached hydrogen (secondary N) is 1. The summed E-state index contributed by atoms with van der Waals surface area (Å²) < 4.78 is 1.61. The summed E-state index contributed by atoms with van der Waals surface area (Å²) in [7, 11) is 0. The second-order valence-corrected chi connectivity index (χ2v) is 7.21. The molecular weight excluding hydrogens is 306 g/mol. The van der Waals surface area contributed by atoms with Crippen LogP contribution < -0.4 is 10.9 Å². The van der Waals surface area contributed by atoms with Crippen molar-refractivity contribution in [1.82, 2.24) is 14.7 Å². The van der Waals surface area contributed by atoms with E-state index in [1.165, 1.54) is 17.7 Å². The fraction of sp³-hybridized carbons (Fsp3) is 0.333. The third kappa shape index (κ3) is 3.07. The Hall–Kier alpha value is -1.98. The molecule has 3 aromatic heterocycles. The van der Waals surface area contributed by atoms with Crippen LogP contribution in [0.5, 0.6) is 0 Å². The van der Waals surface area contributed by atoms with E-state index in [1.807, 2.05) is 25.3 Å². The summed E-state index contributed by atoms with van der Waals surface area (Å²) in [6.45, 7) is 2.60. The number of nitrogens with zero attached hydrogens (tertiary/aromatic N) is 2. The van der Waals surface area contributed by atoms with Gasteiger partial charge in [-0.25, -0.2) is 4.98 Å². The lowest BCUT2D eigenvalue weighted by atomic mass is 10.1. The highest BCUT2D eigenvalue weighted by atomic mass is 32.1. The third-order valence-corrected chi connectivity index (χ3v) is 5.26. The van der Waals surface area contributed by atoms with Gasteiger partial charge in [-0.1, -0.05) is 12.1 Å². The highest BCUT2D eigenvalue weighted by Crippen LogP contribution is 2.42. The first kappa shape index (κ1) is 14.6. The quantitative estimate of drug-likeness (QED) is 0.783. The summed E-state index contributed by atoms with van der Waals surface area (Å²) in [5, 5.41) is 5.72. The topological polar surface area (TPSA) is 46.4 Å². The Labute approximate surface area is 138 Å². The lowest BCUT2D eigenvalue weighted by molar-refractivity contribution is 0.483. The van der Waals surface area contributed by atoms with Crippen LogP contribution in [0.15, 0.2) is 46.7 Å². The summed E-state index contributed by atoms with van der Waals surface area (Å²) in [4.78, 5) is 18.3. The van der Waals surface area contributed by atoms with Crippen LogP contribution in [0.2, 0.25) is 0 Å². The Morgan fingerprint density at radius 3 is 3.00 bits per heavy atom. The molecule has 0 aliphatic heterocycles. The molecule has 1 N–H and O–H groups in total. The SMILES string of the molecule is Cc1ccc2nc(CN[C@H](c3cccs3)C3CC3)cc(=O)n2c1. The zero-order chi connectivity index (χ0) is 15.8. The first-order valence-electron chi connectivity index (χ1n) is 7.96. The minimum Gasteiger partial charge on any atom is -0.303 e. The Kier molecular flexibility index (Phi) is 3.75. The van der Waals surface area contributed by atoms with Gasteiger partial charge < -0.3 is 5.32 Å². The molecule has 0 saturated heterocycles. The molecule has 0 unspecified atom stereocenters. The van der Waals surface area contributed by atoms with Gasteiger partial charge in [-0.2, -0.15) is 0 Å². The molecule has 118 valence electrons. The number of pyridine rings is 1. The van der Waals surface area contributed by atoms with Crippen LogP contribution in [-0.4, -0.2) is 9.38 Å². The highest BCUT2D eigenvalue weighted by molar-refractivity contribution is 7.10. The molecule has 23 heavy (non-hydrogen) atoms. The normalized spacial score (nSPS) is 15.9. The molecular formula is C18H19N3OS.